The number of thiocyanates is 1. The number of hydrogen-bond acceptors (Lipinski definition) is 4. The topological polar surface area (TPSA) is 42.2 Å². The molecule has 0 aliphatic rings. The number of benzene rings is 1. The molecule has 0 radical (unpaired) electrons. The SMILES string of the molecule is COc1cc(CC(C)CSC#N)c(OC)cc1Cl. The van der Waals surface area contributed by atoms with Crippen LogP contribution in [0.15, 0.2) is 12.1 Å². The Balaban J connectivity index is 2.89. The first-order valence-electron chi connectivity index (χ1n) is 5.53. The molecule has 1 aromatic carbocycles. The van der Waals surface area contributed by atoms with Crippen molar-refractivity contribution in [2.45, 2.75) is 13.3 Å². The Morgan fingerprint density at radius 3 is 2.56 bits per heavy atom. The van der Waals surface area contributed by atoms with Gasteiger partial charge in [0.25, 0.3) is 0 Å². The maximum atomic E-state index is 8.55. The van der Waals surface area contributed by atoms with Crippen LogP contribution in [0.4, 0.5) is 0 Å². The quantitative estimate of drug-likeness (QED) is 0.747. The van der Waals surface area contributed by atoms with Gasteiger partial charge in [0, 0.05) is 11.8 Å². The van der Waals surface area contributed by atoms with Crippen LogP contribution < -0.4 is 9.47 Å². The van der Waals surface area contributed by atoms with E-state index in [-0.39, 0.29) is 0 Å². The molecule has 0 aliphatic heterocycles. The fourth-order valence-electron chi connectivity index (χ4n) is 1.70. The molecule has 0 aliphatic carbocycles. The lowest BCUT2D eigenvalue weighted by Gasteiger charge is -2.15. The zero-order chi connectivity index (χ0) is 13.5. The molecule has 3 nitrogen and oxygen atoms in total. The molecule has 0 spiro atoms. The normalized spacial score (nSPS) is 11.7. The summed E-state index contributed by atoms with van der Waals surface area (Å²) in [4.78, 5) is 0. The van der Waals surface area contributed by atoms with Gasteiger partial charge in [0.1, 0.15) is 16.9 Å². The number of nitrogens with zero attached hydrogens (tertiary/aromatic N) is 1. The van der Waals surface area contributed by atoms with E-state index in [1.54, 1.807) is 20.3 Å². The van der Waals surface area contributed by atoms with Crippen LogP contribution in [-0.2, 0) is 6.42 Å². The summed E-state index contributed by atoms with van der Waals surface area (Å²) in [5.74, 6) is 2.58. The Morgan fingerprint density at radius 1 is 1.33 bits per heavy atom. The van der Waals surface area contributed by atoms with E-state index in [0.717, 1.165) is 23.5 Å². The molecule has 1 aromatic rings. The number of nitriles is 1. The zero-order valence-corrected chi connectivity index (χ0v) is 12.3. The first-order valence-corrected chi connectivity index (χ1v) is 6.90. The van der Waals surface area contributed by atoms with Crippen molar-refractivity contribution in [3.8, 4) is 16.9 Å². The number of thioether (sulfide) groups is 1. The minimum absolute atomic E-state index is 0.384. The summed E-state index contributed by atoms with van der Waals surface area (Å²) in [7, 11) is 3.21. The third kappa shape index (κ3) is 4.01. The summed E-state index contributed by atoms with van der Waals surface area (Å²) in [5.41, 5.74) is 1.05. The van der Waals surface area contributed by atoms with E-state index in [1.165, 1.54) is 11.8 Å². The molecule has 0 saturated carbocycles. The predicted octanol–water partition coefficient (Wildman–Crippen LogP) is 3.75. The molecule has 5 heteroatoms. The third-order valence-corrected chi connectivity index (χ3v) is 3.72. The van der Waals surface area contributed by atoms with Crippen LogP contribution in [0, 0.1) is 16.6 Å². The van der Waals surface area contributed by atoms with Gasteiger partial charge in [-0.05, 0) is 35.7 Å². The molecule has 1 unspecified atom stereocenters. The minimum atomic E-state index is 0.384. The molecule has 0 heterocycles. The molecule has 0 amide bonds. The number of rotatable bonds is 6. The molecule has 0 bridgehead atoms. The minimum Gasteiger partial charge on any atom is -0.496 e. The number of halogens is 1. The van der Waals surface area contributed by atoms with Crippen molar-refractivity contribution in [2.24, 2.45) is 5.92 Å². The number of hydrogen-bond donors (Lipinski definition) is 0. The highest BCUT2D eigenvalue weighted by atomic mass is 35.5. The van der Waals surface area contributed by atoms with Crippen molar-refractivity contribution in [2.75, 3.05) is 20.0 Å². The van der Waals surface area contributed by atoms with Crippen LogP contribution in [0.5, 0.6) is 11.5 Å². The average molecular weight is 286 g/mol. The number of ether oxygens (including phenoxy) is 2. The van der Waals surface area contributed by atoms with Gasteiger partial charge in [-0.25, -0.2) is 0 Å². The highest BCUT2D eigenvalue weighted by Crippen LogP contribution is 2.33. The van der Waals surface area contributed by atoms with Gasteiger partial charge in [0.15, 0.2) is 0 Å². The molecule has 0 N–H and O–H groups in total. The third-order valence-electron chi connectivity index (χ3n) is 2.56. The Bertz CT molecular complexity index is 445. The standard InChI is InChI=1S/C13H16ClNO2S/c1-9(7-18-8-15)4-10-5-13(17-3)11(14)6-12(10)16-2/h5-6,9H,4,7H2,1-3H3. The smallest absolute Gasteiger partial charge is 0.137 e. The lowest BCUT2D eigenvalue weighted by molar-refractivity contribution is 0.396. The van der Waals surface area contributed by atoms with E-state index in [1.807, 2.05) is 6.07 Å². The molecule has 98 valence electrons. The summed E-state index contributed by atoms with van der Waals surface area (Å²) < 4.78 is 10.5. The molecule has 0 saturated heterocycles. The second kappa shape index (κ2) is 7.40. The Kier molecular flexibility index (Phi) is 6.17. The van der Waals surface area contributed by atoms with Crippen molar-refractivity contribution < 1.29 is 9.47 Å². The Labute approximate surface area is 117 Å². The average Bonchev–Trinajstić information content (AvgIpc) is 2.37. The van der Waals surface area contributed by atoms with Crippen molar-refractivity contribution >= 4 is 23.4 Å². The lowest BCUT2D eigenvalue weighted by Crippen LogP contribution is -2.04. The van der Waals surface area contributed by atoms with Gasteiger partial charge in [-0.3, -0.25) is 0 Å². The second-order valence-corrected chi connectivity index (χ2v) is 5.22. The van der Waals surface area contributed by atoms with Crippen LogP contribution in [-0.4, -0.2) is 20.0 Å². The van der Waals surface area contributed by atoms with Gasteiger partial charge in [0.2, 0.25) is 0 Å². The van der Waals surface area contributed by atoms with Crippen LogP contribution in [0.1, 0.15) is 12.5 Å². The summed E-state index contributed by atoms with van der Waals surface area (Å²) in [6, 6.07) is 3.66. The molecular formula is C13H16ClNO2S. The van der Waals surface area contributed by atoms with Crippen molar-refractivity contribution in [3.63, 3.8) is 0 Å². The van der Waals surface area contributed by atoms with E-state index >= 15 is 0 Å². The van der Waals surface area contributed by atoms with Gasteiger partial charge in [-0.1, -0.05) is 18.5 Å². The van der Waals surface area contributed by atoms with E-state index in [2.05, 4.69) is 12.3 Å². The molecule has 18 heavy (non-hydrogen) atoms. The van der Waals surface area contributed by atoms with Crippen molar-refractivity contribution in [1.29, 1.82) is 5.26 Å². The van der Waals surface area contributed by atoms with Gasteiger partial charge in [-0.15, -0.1) is 0 Å². The molecule has 1 atom stereocenters. The summed E-state index contributed by atoms with van der Waals surface area (Å²) in [6.45, 7) is 2.10. The first-order chi connectivity index (χ1) is 8.62. The molecular weight excluding hydrogens is 270 g/mol. The van der Waals surface area contributed by atoms with Crippen molar-refractivity contribution in [3.05, 3.63) is 22.7 Å². The van der Waals surface area contributed by atoms with Crippen LogP contribution in [0.25, 0.3) is 0 Å². The summed E-state index contributed by atoms with van der Waals surface area (Å²) in [6.07, 6.45) is 0.825. The zero-order valence-electron chi connectivity index (χ0n) is 10.7. The predicted molar refractivity (Wildman–Crippen MR) is 75.5 cm³/mol. The molecule has 0 aromatic heterocycles. The van der Waals surface area contributed by atoms with Crippen LogP contribution in [0.2, 0.25) is 5.02 Å². The monoisotopic (exact) mass is 285 g/mol. The highest BCUT2D eigenvalue weighted by molar-refractivity contribution is 8.03. The fraction of sp³-hybridized carbons (Fsp3) is 0.462. The molecule has 1 rings (SSSR count). The van der Waals surface area contributed by atoms with E-state index in [4.69, 9.17) is 26.3 Å². The first kappa shape index (κ1) is 15.0. The lowest BCUT2D eigenvalue weighted by atomic mass is 10.0. The van der Waals surface area contributed by atoms with E-state index < -0.39 is 0 Å². The van der Waals surface area contributed by atoms with E-state index in [9.17, 15) is 0 Å². The fourth-order valence-corrected chi connectivity index (χ4v) is 2.40. The summed E-state index contributed by atoms with van der Waals surface area (Å²) >= 11 is 7.32. The van der Waals surface area contributed by atoms with Crippen LogP contribution in [0.3, 0.4) is 0 Å². The highest BCUT2D eigenvalue weighted by Gasteiger charge is 2.13. The van der Waals surface area contributed by atoms with Crippen LogP contribution >= 0.6 is 23.4 Å². The Morgan fingerprint density at radius 2 is 2.00 bits per heavy atom. The second-order valence-electron chi connectivity index (χ2n) is 4.01. The largest absolute Gasteiger partial charge is 0.496 e. The van der Waals surface area contributed by atoms with Gasteiger partial charge in [0.05, 0.1) is 19.2 Å². The number of methoxy groups -OCH3 is 2. The van der Waals surface area contributed by atoms with E-state index in [0.29, 0.717) is 16.7 Å². The van der Waals surface area contributed by atoms with Crippen molar-refractivity contribution in [1.82, 2.24) is 0 Å². The maximum absolute atomic E-state index is 8.55. The summed E-state index contributed by atoms with van der Waals surface area (Å²) in [5, 5.41) is 11.2. The van der Waals surface area contributed by atoms with Gasteiger partial charge >= 0.3 is 0 Å². The van der Waals surface area contributed by atoms with Gasteiger partial charge < -0.3 is 9.47 Å². The maximum Gasteiger partial charge on any atom is 0.137 e. The Hall–Kier alpha value is -1.05. The molecule has 0 fully saturated rings. The van der Waals surface area contributed by atoms with Gasteiger partial charge in [-0.2, -0.15) is 5.26 Å².